The van der Waals surface area contributed by atoms with Gasteiger partial charge in [-0.2, -0.15) is 0 Å². The highest BCUT2D eigenvalue weighted by molar-refractivity contribution is 7.13. The highest BCUT2D eigenvalue weighted by atomic mass is 32.1. The molecule has 1 unspecified atom stereocenters. The lowest BCUT2D eigenvalue weighted by Crippen LogP contribution is -2.21. The third-order valence-corrected chi connectivity index (χ3v) is 5.21. The van der Waals surface area contributed by atoms with E-state index in [0.29, 0.717) is 11.6 Å². The Morgan fingerprint density at radius 3 is 2.50 bits per heavy atom. The number of carbonyl (C=O) groups is 1. The normalized spacial score (nSPS) is 12.2. The molecular formula is C20H22N4OS. The zero-order valence-corrected chi connectivity index (χ0v) is 16.0. The summed E-state index contributed by atoms with van der Waals surface area (Å²) < 4.78 is 0. The van der Waals surface area contributed by atoms with E-state index in [-0.39, 0.29) is 11.9 Å². The number of benzene rings is 2. The molecule has 1 amide bonds. The first kappa shape index (κ1) is 18.2. The van der Waals surface area contributed by atoms with Crippen LogP contribution in [0.15, 0.2) is 54.6 Å². The summed E-state index contributed by atoms with van der Waals surface area (Å²) in [4.78, 5) is 14.5. The van der Waals surface area contributed by atoms with Gasteiger partial charge in [0.15, 0.2) is 0 Å². The van der Waals surface area contributed by atoms with Crippen molar-refractivity contribution in [3.8, 4) is 0 Å². The minimum Gasteiger partial charge on any atom is -0.320 e. The second-order valence-corrected chi connectivity index (χ2v) is 7.38. The molecule has 3 rings (SSSR count). The van der Waals surface area contributed by atoms with Gasteiger partial charge in [0.1, 0.15) is 5.01 Å². The third kappa shape index (κ3) is 4.53. The van der Waals surface area contributed by atoms with Crippen LogP contribution in [-0.4, -0.2) is 28.1 Å². The van der Waals surface area contributed by atoms with E-state index in [1.54, 1.807) is 0 Å². The van der Waals surface area contributed by atoms with E-state index in [0.717, 1.165) is 16.3 Å². The lowest BCUT2D eigenvalue weighted by molar-refractivity contribution is 0.102. The summed E-state index contributed by atoms with van der Waals surface area (Å²) in [6.45, 7) is 4.81. The number of nitrogens with one attached hydrogen (secondary N) is 1. The van der Waals surface area contributed by atoms with Crippen molar-refractivity contribution < 1.29 is 4.79 Å². The van der Waals surface area contributed by atoms with E-state index in [9.17, 15) is 4.79 Å². The SMILES string of the molecule is Cc1ccc(NC(=O)c2nnc(CN(C)C(C)c3ccccc3)s2)cc1. The van der Waals surface area contributed by atoms with Crippen LogP contribution in [0, 0.1) is 6.92 Å². The summed E-state index contributed by atoms with van der Waals surface area (Å²) in [5.41, 5.74) is 3.15. The molecule has 1 atom stereocenters. The standard InChI is InChI=1S/C20H22N4OS/c1-14-9-11-17(12-10-14)21-19(25)20-23-22-18(26-20)13-24(3)15(2)16-7-5-4-6-8-16/h4-12,15H,13H2,1-3H3,(H,21,25). The number of aromatic nitrogens is 2. The van der Waals surface area contributed by atoms with Crippen LogP contribution in [-0.2, 0) is 6.54 Å². The average Bonchev–Trinajstić information content (AvgIpc) is 3.12. The Morgan fingerprint density at radius 2 is 1.81 bits per heavy atom. The van der Waals surface area contributed by atoms with Gasteiger partial charge in [0.2, 0.25) is 5.01 Å². The Balaban J connectivity index is 1.62. The van der Waals surface area contributed by atoms with Crippen molar-refractivity contribution in [2.24, 2.45) is 0 Å². The molecule has 0 aliphatic rings. The highest BCUT2D eigenvalue weighted by Crippen LogP contribution is 2.22. The smallest absolute Gasteiger partial charge is 0.286 e. The van der Waals surface area contributed by atoms with Crippen LogP contribution in [0.3, 0.4) is 0 Å². The molecule has 6 heteroatoms. The number of nitrogens with zero attached hydrogens (tertiary/aromatic N) is 3. The van der Waals surface area contributed by atoms with Gasteiger partial charge in [-0.25, -0.2) is 0 Å². The molecular weight excluding hydrogens is 344 g/mol. The molecule has 2 aromatic carbocycles. The molecule has 0 bridgehead atoms. The van der Waals surface area contributed by atoms with Gasteiger partial charge in [0, 0.05) is 11.7 Å². The van der Waals surface area contributed by atoms with Gasteiger partial charge in [-0.15, -0.1) is 10.2 Å². The molecule has 0 saturated heterocycles. The van der Waals surface area contributed by atoms with Gasteiger partial charge >= 0.3 is 0 Å². The first-order valence-corrected chi connectivity index (χ1v) is 9.30. The molecule has 134 valence electrons. The Labute approximate surface area is 157 Å². The van der Waals surface area contributed by atoms with E-state index in [1.165, 1.54) is 16.9 Å². The molecule has 0 saturated carbocycles. The molecule has 0 aliphatic carbocycles. The minimum absolute atomic E-state index is 0.226. The van der Waals surface area contributed by atoms with Crippen LogP contribution >= 0.6 is 11.3 Å². The fraction of sp³-hybridized carbons (Fsp3) is 0.250. The molecule has 0 radical (unpaired) electrons. The Hall–Kier alpha value is -2.57. The molecule has 0 fully saturated rings. The summed E-state index contributed by atoms with van der Waals surface area (Å²) in [6.07, 6.45) is 0. The second kappa shape index (κ2) is 8.21. The minimum atomic E-state index is -0.226. The topological polar surface area (TPSA) is 58.1 Å². The third-order valence-electron chi connectivity index (χ3n) is 4.30. The molecule has 1 N–H and O–H groups in total. The lowest BCUT2D eigenvalue weighted by Gasteiger charge is -2.23. The highest BCUT2D eigenvalue weighted by Gasteiger charge is 2.17. The van der Waals surface area contributed by atoms with Crippen molar-refractivity contribution >= 4 is 22.9 Å². The molecule has 1 aromatic heterocycles. The van der Waals surface area contributed by atoms with Crippen molar-refractivity contribution in [3.63, 3.8) is 0 Å². The van der Waals surface area contributed by atoms with Gasteiger partial charge in [0.05, 0.1) is 6.54 Å². The van der Waals surface area contributed by atoms with Crippen LogP contribution in [0.1, 0.15) is 38.9 Å². The molecule has 1 heterocycles. The van der Waals surface area contributed by atoms with Crippen molar-refractivity contribution in [2.75, 3.05) is 12.4 Å². The van der Waals surface area contributed by atoms with Crippen molar-refractivity contribution in [2.45, 2.75) is 26.4 Å². The summed E-state index contributed by atoms with van der Waals surface area (Å²) in [7, 11) is 2.05. The Bertz CT molecular complexity index is 861. The number of aryl methyl sites for hydroxylation is 1. The molecule has 0 spiro atoms. The first-order chi connectivity index (χ1) is 12.5. The lowest BCUT2D eigenvalue weighted by atomic mass is 10.1. The summed E-state index contributed by atoms with van der Waals surface area (Å²) in [5.74, 6) is -0.226. The number of hydrogen-bond acceptors (Lipinski definition) is 5. The van der Waals surface area contributed by atoms with Crippen molar-refractivity contribution in [1.82, 2.24) is 15.1 Å². The predicted octanol–water partition coefficient (Wildman–Crippen LogP) is 4.29. The number of amides is 1. The van der Waals surface area contributed by atoms with Crippen molar-refractivity contribution in [1.29, 1.82) is 0 Å². The van der Waals surface area contributed by atoms with E-state index < -0.39 is 0 Å². The van der Waals surface area contributed by atoms with E-state index in [4.69, 9.17) is 0 Å². The fourth-order valence-electron chi connectivity index (χ4n) is 2.57. The zero-order valence-electron chi connectivity index (χ0n) is 15.1. The van der Waals surface area contributed by atoms with Crippen LogP contribution in [0.25, 0.3) is 0 Å². The number of carbonyl (C=O) groups excluding carboxylic acids is 1. The van der Waals surface area contributed by atoms with Gasteiger partial charge in [-0.1, -0.05) is 59.4 Å². The van der Waals surface area contributed by atoms with Crippen molar-refractivity contribution in [3.05, 3.63) is 75.7 Å². The van der Waals surface area contributed by atoms with Crippen LogP contribution in [0.2, 0.25) is 0 Å². The van der Waals surface area contributed by atoms with E-state index in [1.807, 2.05) is 56.4 Å². The van der Waals surface area contributed by atoms with Crippen LogP contribution in [0.5, 0.6) is 0 Å². The first-order valence-electron chi connectivity index (χ1n) is 8.48. The molecule has 0 aliphatic heterocycles. The van der Waals surface area contributed by atoms with Crippen LogP contribution in [0.4, 0.5) is 5.69 Å². The Morgan fingerprint density at radius 1 is 1.12 bits per heavy atom. The quantitative estimate of drug-likeness (QED) is 0.707. The van der Waals surface area contributed by atoms with E-state index >= 15 is 0 Å². The van der Waals surface area contributed by atoms with Gasteiger partial charge in [-0.05, 0) is 38.6 Å². The maximum Gasteiger partial charge on any atom is 0.286 e. The largest absolute Gasteiger partial charge is 0.320 e. The summed E-state index contributed by atoms with van der Waals surface area (Å²) in [5, 5.41) is 12.3. The summed E-state index contributed by atoms with van der Waals surface area (Å²) >= 11 is 1.33. The number of hydrogen-bond donors (Lipinski definition) is 1. The van der Waals surface area contributed by atoms with Gasteiger partial charge in [-0.3, -0.25) is 9.69 Å². The predicted molar refractivity (Wildman–Crippen MR) is 105 cm³/mol. The summed E-state index contributed by atoms with van der Waals surface area (Å²) in [6, 6.07) is 18.3. The average molecular weight is 366 g/mol. The molecule has 5 nitrogen and oxygen atoms in total. The monoisotopic (exact) mass is 366 g/mol. The van der Waals surface area contributed by atoms with E-state index in [2.05, 4.69) is 39.5 Å². The maximum absolute atomic E-state index is 12.3. The molecule has 26 heavy (non-hydrogen) atoms. The number of anilines is 1. The molecule has 3 aromatic rings. The van der Waals surface area contributed by atoms with Crippen LogP contribution < -0.4 is 5.32 Å². The fourth-order valence-corrected chi connectivity index (χ4v) is 3.37. The number of rotatable bonds is 6. The maximum atomic E-state index is 12.3. The van der Waals surface area contributed by atoms with Gasteiger partial charge < -0.3 is 5.32 Å². The Kier molecular flexibility index (Phi) is 5.75. The second-order valence-electron chi connectivity index (χ2n) is 6.32. The zero-order chi connectivity index (χ0) is 18.5. The van der Waals surface area contributed by atoms with Gasteiger partial charge in [0.25, 0.3) is 5.91 Å².